The number of nitrogens with one attached hydrogen (secondary N) is 1. The minimum Gasteiger partial charge on any atom is -0.350 e. The second kappa shape index (κ2) is 5.45. The van der Waals surface area contributed by atoms with Crippen LogP contribution in [0.5, 0.6) is 0 Å². The van der Waals surface area contributed by atoms with Crippen LogP contribution in [0, 0.1) is 0 Å². The molecule has 0 saturated heterocycles. The van der Waals surface area contributed by atoms with Crippen LogP contribution in [0.1, 0.15) is 24.2 Å². The Kier molecular flexibility index (Phi) is 3.72. The standard InChI is InChI=1S/C15H16N2O/c1-11(2)17-15(18)13-6-3-5-12(9-13)14-7-4-8-16-10-14/h3-11H,1-2H3,(H,17,18). The zero-order valence-corrected chi connectivity index (χ0v) is 10.6. The smallest absolute Gasteiger partial charge is 0.251 e. The molecular weight excluding hydrogens is 224 g/mol. The maximum Gasteiger partial charge on any atom is 0.251 e. The van der Waals surface area contributed by atoms with E-state index in [1.807, 2.05) is 50.2 Å². The van der Waals surface area contributed by atoms with Gasteiger partial charge in [-0.05, 0) is 37.6 Å². The molecule has 0 aliphatic rings. The number of hydrogen-bond acceptors (Lipinski definition) is 2. The Morgan fingerprint density at radius 3 is 2.61 bits per heavy atom. The highest BCUT2D eigenvalue weighted by molar-refractivity contribution is 5.95. The fourth-order valence-electron chi connectivity index (χ4n) is 1.72. The Morgan fingerprint density at radius 1 is 1.17 bits per heavy atom. The first-order valence-corrected chi connectivity index (χ1v) is 5.98. The van der Waals surface area contributed by atoms with Gasteiger partial charge < -0.3 is 5.32 Å². The third-order valence-corrected chi connectivity index (χ3v) is 2.54. The van der Waals surface area contributed by atoms with E-state index in [0.29, 0.717) is 5.56 Å². The lowest BCUT2D eigenvalue weighted by Crippen LogP contribution is -2.30. The van der Waals surface area contributed by atoms with Crippen molar-refractivity contribution in [2.24, 2.45) is 0 Å². The number of aromatic nitrogens is 1. The summed E-state index contributed by atoms with van der Waals surface area (Å²) in [6.45, 7) is 3.89. The molecule has 1 amide bonds. The molecule has 2 rings (SSSR count). The molecule has 1 aromatic carbocycles. The largest absolute Gasteiger partial charge is 0.350 e. The highest BCUT2D eigenvalue weighted by atomic mass is 16.1. The summed E-state index contributed by atoms with van der Waals surface area (Å²) in [7, 11) is 0. The number of amides is 1. The second-order valence-electron chi connectivity index (χ2n) is 4.45. The first kappa shape index (κ1) is 12.3. The SMILES string of the molecule is CC(C)NC(=O)c1cccc(-c2cccnc2)c1. The topological polar surface area (TPSA) is 42.0 Å². The lowest BCUT2D eigenvalue weighted by Gasteiger charge is -2.09. The zero-order valence-electron chi connectivity index (χ0n) is 10.6. The van der Waals surface area contributed by atoms with Gasteiger partial charge in [0.15, 0.2) is 0 Å². The van der Waals surface area contributed by atoms with Crippen molar-refractivity contribution in [2.75, 3.05) is 0 Å². The number of carbonyl (C=O) groups is 1. The van der Waals surface area contributed by atoms with Crippen LogP contribution in [-0.4, -0.2) is 16.9 Å². The summed E-state index contributed by atoms with van der Waals surface area (Å²) in [4.78, 5) is 16.0. The predicted octanol–water partition coefficient (Wildman–Crippen LogP) is 2.89. The van der Waals surface area contributed by atoms with Gasteiger partial charge in [0.25, 0.3) is 5.91 Å². The fraction of sp³-hybridized carbons (Fsp3) is 0.200. The molecule has 92 valence electrons. The number of hydrogen-bond donors (Lipinski definition) is 1. The average molecular weight is 240 g/mol. The third kappa shape index (κ3) is 2.94. The van der Waals surface area contributed by atoms with Crippen LogP contribution in [0.25, 0.3) is 11.1 Å². The zero-order chi connectivity index (χ0) is 13.0. The highest BCUT2D eigenvalue weighted by Crippen LogP contribution is 2.19. The van der Waals surface area contributed by atoms with Crippen LogP contribution in [0.4, 0.5) is 0 Å². The fourth-order valence-corrected chi connectivity index (χ4v) is 1.72. The van der Waals surface area contributed by atoms with Gasteiger partial charge in [0, 0.05) is 29.6 Å². The van der Waals surface area contributed by atoms with Gasteiger partial charge >= 0.3 is 0 Å². The van der Waals surface area contributed by atoms with E-state index in [1.54, 1.807) is 12.4 Å². The first-order chi connectivity index (χ1) is 8.66. The van der Waals surface area contributed by atoms with E-state index in [9.17, 15) is 4.79 Å². The Balaban J connectivity index is 2.28. The Hall–Kier alpha value is -2.16. The molecule has 1 heterocycles. The molecule has 0 aliphatic carbocycles. The maximum atomic E-state index is 11.9. The maximum absolute atomic E-state index is 11.9. The van der Waals surface area contributed by atoms with Crippen molar-refractivity contribution in [1.29, 1.82) is 0 Å². The normalized spacial score (nSPS) is 10.4. The van der Waals surface area contributed by atoms with Gasteiger partial charge in [-0.1, -0.05) is 18.2 Å². The number of pyridine rings is 1. The number of rotatable bonds is 3. The van der Waals surface area contributed by atoms with E-state index in [1.165, 1.54) is 0 Å². The van der Waals surface area contributed by atoms with Crippen LogP contribution in [0.15, 0.2) is 48.8 Å². The van der Waals surface area contributed by atoms with Crippen LogP contribution in [-0.2, 0) is 0 Å². The van der Waals surface area contributed by atoms with Crippen molar-refractivity contribution in [3.63, 3.8) is 0 Å². The van der Waals surface area contributed by atoms with E-state index in [0.717, 1.165) is 11.1 Å². The molecule has 0 aliphatic heterocycles. The summed E-state index contributed by atoms with van der Waals surface area (Å²) in [5, 5.41) is 2.88. The summed E-state index contributed by atoms with van der Waals surface area (Å²) in [6, 6.07) is 11.6. The van der Waals surface area contributed by atoms with E-state index in [-0.39, 0.29) is 11.9 Å². The van der Waals surface area contributed by atoms with Gasteiger partial charge in [-0.2, -0.15) is 0 Å². The van der Waals surface area contributed by atoms with Gasteiger partial charge in [0.05, 0.1) is 0 Å². The molecule has 0 spiro atoms. The second-order valence-corrected chi connectivity index (χ2v) is 4.45. The number of benzene rings is 1. The van der Waals surface area contributed by atoms with Crippen molar-refractivity contribution in [3.8, 4) is 11.1 Å². The van der Waals surface area contributed by atoms with Gasteiger partial charge in [-0.3, -0.25) is 9.78 Å². The quantitative estimate of drug-likeness (QED) is 0.896. The summed E-state index contributed by atoms with van der Waals surface area (Å²) in [5.74, 6) is -0.0456. The van der Waals surface area contributed by atoms with Crippen molar-refractivity contribution in [2.45, 2.75) is 19.9 Å². The Morgan fingerprint density at radius 2 is 1.94 bits per heavy atom. The van der Waals surface area contributed by atoms with Gasteiger partial charge in [-0.25, -0.2) is 0 Å². The molecule has 0 radical (unpaired) electrons. The molecule has 0 unspecified atom stereocenters. The van der Waals surface area contributed by atoms with E-state index < -0.39 is 0 Å². The van der Waals surface area contributed by atoms with Gasteiger partial charge in [0.2, 0.25) is 0 Å². The molecule has 1 N–H and O–H groups in total. The summed E-state index contributed by atoms with van der Waals surface area (Å²) >= 11 is 0. The lowest BCUT2D eigenvalue weighted by molar-refractivity contribution is 0.0943. The molecule has 0 bridgehead atoms. The average Bonchev–Trinajstić information content (AvgIpc) is 2.39. The number of nitrogens with zero attached hydrogens (tertiary/aromatic N) is 1. The van der Waals surface area contributed by atoms with Crippen LogP contribution < -0.4 is 5.32 Å². The molecule has 1 aromatic heterocycles. The molecule has 2 aromatic rings. The van der Waals surface area contributed by atoms with Crippen molar-refractivity contribution in [1.82, 2.24) is 10.3 Å². The molecule has 0 fully saturated rings. The lowest BCUT2D eigenvalue weighted by atomic mass is 10.0. The highest BCUT2D eigenvalue weighted by Gasteiger charge is 2.07. The monoisotopic (exact) mass is 240 g/mol. The van der Waals surface area contributed by atoms with Crippen molar-refractivity contribution in [3.05, 3.63) is 54.4 Å². The molecule has 0 saturated carbocycles. The van der Waals surface area contributed by atoms with E-state index in [2.05, 4.69) is 10.3 Å². The molecule has 3 nitrogen and oxygen atoms in total. The Labute approximate surface area is 107 Å². The third-order valence-electron chi connectivity index (χ3n) is 2.54. The molecular formula is C15H16N2O. The van der Waals surface area contributed by atoms with E-state index >= 15 is 0 Å². The van der Waals surface area contributed by atoms with Crippen LogP contribution in [0.3, 0.4) is 0 Å². The summed E-state index contributed by atoms with van der Waals surface area (Å²) < 4.78 is 0. The van der Waals surface area contributed by atoms with Crippen molar-refractivity contribution < 1.29 is 4.79 Å². The Bertz CT molecular complexity index is 535. The minimum atomic E-state index is -0.0456. The summed E-state index contributed by atoms with van der Waals surface area (Å²) in [5.41, 5.74) is 2.68. The van der Waals surface area contributed by atoms with Gasteiger partial charge in [-0.15, -0.1) is 0 Å². The molecule has 0 atom stereocenters. The van der Waals surface area contributed by atoms with Gasteiger partial charge in [0.1, 0.15) is 0 Å². The molecule has 18 heavy (non-hydrogen) atoms. The summed E-state index contributed by atoms with van der Waals surface area (Å²) in [6.07, 6.45) is 3.53. The number of carbonyl (C=O) groups excluding carboxylic acids is 1. The van der Waals surface area contributed by atoms with Crippen LogP contribution in [0.2, 0.25) is 0 Å². The minimum absolute atomic E-state index is 0.0456. The first-order valence-electron chi connectivity index (χ1n) is 5.98. The van der Waals surface area contributed by atoms with Crippen molar-refractivity contribution >= 4 is 5.91 Å². The molecule has 3 heteroatoms. The van der Waals surface area contributed by atoms with Crippen LogP contribution >= 0.6 is 0 Å². The van der Waals surface area contributed by atoms with E-state index in [4.69, 9.17) is 0 Å². The predicted molar refractivity (Wildman–Crippen MR) is 72.3 cm³/mol.